The number of hydrogen-bond donors (Lipinski definition) is 1. The number of pyridine rings is 2. The Kier molecular flexibility index (Phi) is 6.34. The number of anilines is 1. The quantitative estimate of drug-likeness (QED) is 0.376. The fourth-order valence-corrected chi connectivity index (χ4v) is 4.62. The molecule has 0 unspecified atom stereocenters. The molecule has 5 rings (SSSR count). The van der Waals surface area contributed by atoms with Crippen LogP contribution in [0.25, 0.3) is 33.4 Å². The van der Waals surface area contributed by atoms with Crippen molar-refractivity contribution in [2.75, 3.05) is 31.9 Å². The average Bonchev–Trinajstić information content (AvgIpc) is 3.46. The van der Waals surface area contributed by atoms with Gasteiger partial charge in [0.25, 0.3) is 0 Å². The number of hydrogen-bond acceptors (Lipinski definition) is 8. The number of ether oxygens (including phenoxy) is 2. The van der Waals surface area contributed by atoms with Crippen molar-refractivity contribution in [2.24, 2.45) is 0 Å². The minimum atomic E-state index is 0.108. The molecule has 4 heterocycles. The Morgan fingerprint density at radius 3 is 2.63 bits per heavy atom. The topological polar surface area (TPSA) is 85.5 Å². The van der Waals surface area contributed by atoms with Gasteiger partial charge in [0.1, 0.15) is 17.1 Å². The molecule has 0 amide bonds. The third-order valence-corrected chi connectivity index (χ3v) is 6.12. The summed E-state index contributed by atoms with van der Waals surface area (Å²) >= 11 is 0. The van der Waals surface area contributed by atoms with Crippen molar-refractivity contribution >= 4 is 28.0 Å². The van der Waals surface area contributed by atoms with Crippen molar-refractivity contribution in [3.63, 3.8) is 0 Å². The maximum atomic E-state index is 5.89. The van der Waals surface area contributed by atoms with Crippen LogP contribution in [0.1, 0.15) is 40.0 Å². The first-order valence-electron chi connectivity index (χ1n) is 12.2. The Bertz CT molecular complexity index is 1340. The number of fused-ring (bicyclic) bond motifs is 2. The Morgan fingerprint density at radius 2 is 1.86 bits per heavy atom. The number of oxazole rings is 1. The SMILES string of the molecule is CCc1nc2cc(OCOC)c(-c3ccc4nc(N5CC[C@H](NC(C)(C)C)C5)ccc4n3)cc2o1. The lowest BCUT2D eigenvalue weighted by molar-refractivity contribution is 0.0516. The van der Waals surface area contributed by atoms with E-state index in [4.69, 9.17) is 23.9 Å². The second-order valence-corrected chi connectivity index (χ2v) is 10.1. The van der Waals surface area contributed by atoms with Crippen LogP contribution in [0.2, 0.25) is 0 Å². The van der Waals surface area contributed by atoms with Crippen LogP contribution in [0.5, 0.6) is 5.75 Å². The van der Waals surface area contributed by atoms with E-state index in [0.29, 0.717) is 23.3 Å². The molecule has 4 aromatic rings. The number of aryl methyl sites for hydroxylation is 1. The molecule has 0 spiro atoms. The lowest BCUT2D eigenvalue weighted by atomic mass is 10.1. The highest BCUT2D eigenvalue weighted by molar-refractivity contribution is 5.86. The van der Waals surface area contributed by atoms with Gasteiger partial charge in [0.15, 0.2) is 18.3 Å². The molecule has 0 radical (unpaired) electrons. The summed E-state index contributed by atoms with van der Waals surface area (Å²) in [5.74, 6) is 2.34. The minimum Gasteiger partial charge on any atom is -0.467 e. The van der Waals surface area contributed by atoms with Crippen molar-refractivity contribution in [1.29, 1.82) is 0 Å². The van der Waals surface area contributed by atoms with E-state index in [-0.39, 0.29) is 12.3 Å². The molecule has 1 N–H and O–H groups in total. The molecule has 1 atom stereocenters. The Morgan fingerprint density at radius 1 is 1.06 bits per heavy atom. The van der Waals surface area contributed by atoms with Crippen molar-refractivity contribution in [2.45, 2.75) is 52.1 Å². The molecule has 0 aliphatic carbocycles. The fourth-order valence-electron chi connectivity index (χ4n) is 4.62. The smallest absolute Gasteiger partial charge is 0.195 e. The molecular formula is C27H33N5O3. The van der Waals surface area contributed by atoms with Gasteiger partial charge in [-0.1, -0.05) is 6.92 Å². The lowest BCUT2D eigenvalue weighted by Gasteiger charge is -2.26. The zero-order valence-corrected chi connectivity index (χ0v) is 21.1. The van der Waals surface area contributed by atoms with E-state index in [1.54, 1.807) is 7.11 Å². The summed E-state index contributed by atoms with van der Waals surface area (Å²) in [5.41, 5.74) is 4.89. The molecule has 184 valence electrons. The van der Waals surface area contributed by atoms with Crippen LogP contribution in [0.15, 0.2) is 40.8 Å². The first-order chi connectivity index (χ1) is 16.8. The van der Waals surface area contributed by atoms with Crippen LogP contribution in [-0.4, -0.2) is 53.5 Å². The molecule has 1 aliphatic heterocycles. The molecule has 0 bridgehead atoms. The zero-order valence-electron chi connectivity index (χ0n) is 21.1. The van der Waals surface area contributed by atoms with Crippen molar-refractivity contribution in [3.05, 3.63) is 42.3 Å². The maximum absolute atomic E-state index is 5.89. The molecule has 1 fully saturated rings. The fraction of sp³-hybridized carbons (Fsp3) is 0.444. The first-order valence-corrected chi connectivity index (χ1v) is 12.2. The zero-order chi connectivity index (χ0) is 24.6. The average molecular weight is 476 g/mol. The summed E-state index contributed by atoms with van der Waals surface area (Å²) < 4.78 is 16.9. The van der Waals surface area contributed by atoms with Crippen LogP contribution in [-0.2, 0) is 11.2 Å². The van der Waals surface area contributed by atoms with E-state index in [2.05, 4.69) is 42.0 Å². The first kappa shape index (κ1) is 23.5. The molecule has 8 heteroatoms. The van der Waals surface area contributed by atoms with Crippen molar-refractivity contribution < 1.29 is 13.9 Å². The number of methoxy groups -OCH3 is 1. The van der Waals surface area contributed by atoms with Gasteiger partial charge in [0.2, 0.25) is 0 Å². The van der Waals surface area contributed by atoms with Gasteiger partial charge >= 0.3 is 0 Å². The summed E-state index contributed by atoms with van der Waals surface area (Å²) in [6, 6.07) is 12.4. The van der Waals surface area contributed by atoms with Crippen LogP contribution in [0, 0.1) is 0 Å². The lowest BCUT2D eigenvalue weighted by Crippen LogP contribution is -2.44. The largest absolute Gasteiger partial charge is 0.467 e. The number of rotatable bonds is 7. The Balaban J connectivity index is 1.45. The van der Waals surface area contributed by atoms with Gasteiger partial charge in [-0.05, 0) is 57.5 Å². The third kappa shape index (κ3) is 5.09. The van der Waals surface area contributed by atoms with Crippen molar-refractivity contribution in [3.8, 4) is 17.0 Å². The third-order valence-electron chi connectivity index (χ3n) is 6.12. The predicted octanol–water partition coefficient (Wildman–Crippen LogP) is 4.95. The molecule has 8 nitrogen and oxygen atoms in total. The second kappa shape index (κ2) is 9.43. The van der Waals surface area contributed by atoms with E-state index in [1.807, 2.05) is 37.3 Å². The highest BCUT2D eigenvalue weighted by Gasteiger charge is 2.26. The molecule has 3 aromatic heterocycles. The molecule has 1 aromatic carbocycles. The van der Waals surface area contributed by atoms with E-state index in [1.165, 1.54) is 0 Å². The van der Waals surface area contributed by atoms with Gasteiger partial charge in [0, 0.05) is 49.8 Å². The summed E-state index contributed by atoms with van der Waals surface area (Å²) in [6.45, 7) is 10.7. The summed E-state index contributed by atoms with van der Waals surface area (Å²) in [6.07, 6.45) is 1.84. The summed E-state index contributed by atoms with van der Waals surface area (Å²) in [7, 11) is 1.60. The predicted molar refractivity (Wildman–Crippen MR) is 138 cm³/mol. The van der Waals surface area contributed by atoms with E-state index >= 15 is 0 Å². The molecule has 1 saturated heterocycles. The van der Waals surface area contributed by atoms with Gasteiger partial charge < -0.3 is 24.1 Å². The van der Waals surface area contributed by atoms with Crippen LogP contribution in [0.4, 0.5) is 5.82 Å². The molecule has 0 saturated carbocycles. The van der Waals surface area contributed by atoms with Gasteiger partial charge in [-0.3, -0.25) is 0 Å². The highest BCUT2D eigenvalue weighted by atomic mass is 16.7. The highest BCUT2D eigenvalue weighted by Crippen LogP contribution is 2.35. The summed E-state index contributed by atoms with van der Waals surface area (Å²) in [4.78, 5) is 16.7. The molecule has 1 aliphatic rings. The standard InChI is InChI=1S/C27H33N5O3/c1-6-26-30-22-14-23(34-16-33-5)18(13-24(22)35-26)19-7-8-21-20(28-19)9-10-25(29-21)32-12-11-17(15-32)31-27(2,3)4/h7-10,13-14,17,31H,6,11-12,15-16H2,1-5H3/t17-/m0/s1. The van der Waals surface area contributed by atoms with E-state index < -0.39 is 0 Å². The Labute approximate surface area is 205 Å². The molecule has 35 heavy (non-hydrogen) atoms. The Hall–Kier alpha value is -3.23. The van der Waals surface area contributed by atoms with E-state index in [9.17, 15) is 0 Å². The van der Waals surface area contributed by atoms with E-state index in [0.717, 1.165) is 59.6 Å². The number of nitrogens with zero attached hydrogens (tertiary/aromatic N) is 4. The maximum Gasteiger partial charge on any atom is 0.195 e. The molecular weight excluding hydrogens is 442 g/mol. The van der Waals surface area contributed by atoms with Crippen LogP contribution < -0.4 is 15.0 Å². The monoisotopic (exact) mass is 475 g/mol. The van der Waals surface area contributed by atoms with Crippen molar-refractivity contribution in [1.82, 2.24) is 20.3 Å². The normalized spacial score (nSPS) is 16.5. The number of nitrogens with one attached hydrogen (secondary N) is 1. The van der Waals surface area contributed by atoms with Gasteiger partial charge in [-0.25, -0.2) is 15.0 Å². The second-order valence-electron chi connectivity index (χ2n) is 10.1. The number of benzene rings is 1. The summed E-state index contributed by atoms with van der Waals surface area (Å²) in [5, 5.41) is 3.70. The van der Waals surface area contributed by atoms with Crippen LogP contribution >= 0.6 is 0 Å². The minimum absolute atomic E-state index is 0.108. The van der Waals surface area contributed by atoms with Crippen LogP contribution in [0.3, 0.4) is 0 Å². The van der Waals surface area contributed by atoms with Gasteiger partial charge in [-0.2, -0.15) is 0 Å². The number of aromatic nitrogens is 3. The van der Waals surface area contributed by atoms with Gasteiger partial charge in [-0.15, -0.1) is 0 Å². The van der Waals surface area contributed by atoms with Gasteiger partial charge in [0.05, 0.1) is 16.7 Å².